The van der Waals surface area contributed by atoms with E-state index in [4.69, 9.17) is 10.00 Å². The average molecular weight is 351 g/mol. The van der Waals surface area contributed by atoms with Crippen molar-refractivity contribution in [2.75, 3.05) is 20.7 Å². The van der Waals surface area contributed by atoms with E-state index in [0.717, 1.165) is 11.1 Å². The van der Waals surface area contributed by atoms with Gasteiger partial charge in [0.1, 0.15) is 5.75 Å². The van der Waals surface area contributed by atoms with Crippen molar-refractivity contribution in [3.05, 3.63) is 65.2 Å². The van der Waals surface area contributed by atoms with E-state index in [9.17, 15) is 9.59 Å². The minimum atomic E-state index is -0.151. The van der Waals surface area contributed by atoms with Crippen LogP contribution in [0.3, 0.4) is 0 Å². The Kier molecular flexibility index (Phi) is 6.75. The van der Waals surface area contributed by atoms with Crippen molar-refractivity contribution in [3.63, 3.8) is 0 Å². The minimum absolute atomic E-state index is 0.0651. The molecule has 0 heterocycles. The number of nitrogens with zero attached hydrogens (tertiary/aromatic N) is 2. The molecule has 1 N–H and O–H groups in total. The number of carbonyl (C=O) groups is 2. The van der Waals surface area contributed by atoms with Gasteiger partial charge in [0.05, 0.1) is 12.5 Å². The van der Waals surface area contributed by atoms with Crippen LogP contribution in [0.5, 0.6) is 5.75 Å². The van der Waals surface area contributed by atoms with Crippen molar-refractivity contribution in [3.8, 4) is 11.8 Å². The van der Waals surface area contributed by atoms with Crippen LogP contribution in [0.4, 0.5) is 0 Å². The summed E-state index contributed by atoms with van der Waals surface area (Å²) in [6.45, 7) is 0.363. The summed E-state index contributed by atoms with van der Waals surface area (Å²) in [5, 5.41) is 11.2. The molecule has 6 heteroatoms. The number of likely N-dealkylation sites (N-methyl/N-ethyl adjacent to an activating group) is 1. The molecule has 2 rings (SSSR count). The van der Waals surface area contributed by atoms with Gasteiger partial charge in [-0.05, 0) is 35.4 Å². The van der Waals surface area contributed by atoms with Gasteiger partial charge in [0.2, 0.25) is 0 Å². The third-order valence-electron chi connectivity index (χ3n) is 3.86. The second kappa shape index (κ2) is 9.23. The monoisotopic (exact) mass is 351 g/mol. The Bertz CT molecular complexity index is 793. The van der Waals surface area contributed by atoms with Gasteiger partial charge in [-0.1, -0.05) is 24.3 Å². The first-order chi connectivity index (χ1) is 12.5. The van der Waals surface area contributed by atoms with Crippen molar-refractivity contribution < 1.29 is 14.3 Å². The highest BCUT2D eigenvalue weighted by atomic mass is 16.5. The lowest BCUT2D eigenvalue weighted by atomic mass is 10.1. The van der Waals surface area contributed by atoms with E-state index in [1.165, 1.54) is 0 Å². The van der Waals surface area contributed by atoms with Crippen molar-refractivity contribution in [1.29, 1.82) is 5.26 Å². The Balaban J connectivity index is 1.85. The zero-order valence-corrected chi connectivity index (χ0v) is 14.9. The number of hydrogen-bond acceptors (Lipinski definition) is 4. The molecule has 0 aliphatic carbocycles. The first-order valence-electron chi connectivity index (χ1n) is 8.17. The maximum atomic E-state index is 12.2. The second-order valence-corrected chi connectivity index (χ2v) is 5.79. The van der Waals surface area contributed by atoms with Gasteiger partial charge in [-0.3, -0.25) is 9.59 Å². The lowest BCUT2D eigenvalue weighted by molar-refractivity contribution is -0.132. The molecular weight excluding hydrogens is 330 g/mol. The van der Waals surface area contributed by atoms with E-state index in [2.05, 4.69) is 11.4 Å². The van der Waals surface area contributed by atoms with Crippen LogP contribution in [0.15, 0.2) is 48.5 Å². The lowest BCUT2D eigenvalue weighted by Crippen LogP contribution is -2.31. The van der Waals surface area contributed by atoms with Crippen LogP contribution in [0.25, 0.3) is 0 Å². The van der Waals surface area contributed by atoms with Gasteiger partial charge in [0.25, 0.3) is 11.8 Å². The summed E-state index contributed by atoms with van der Waals surface area (Å²) in [4.78, 5) is 25.3. The summed E-state index contributed by atoms with van der Waals surface area (Å²) in [6.07, 6.45) is 0.348. The van der Waals surface area contributed by atoms with E-state index >= 15 is 0 Å². The average Bonchev–Trinajstić information content (AvgIpc) is 2.67. The molecule has 0 saturated heterocycles. The quantitative estimate of drug-likeness (QED) is 0.829. The largest absolute Gasteiger partial charge is 0.484 e. The predicted octanol–water partition coefficient (Wildman–Crippen LogP) is 2.15. The minimum Gasteiger partial charge on any atom is -0.484 e. The van der Waals surface area contributed by atoms with Gasteiger partial charge in [0, 0.05) is 26.2 Å². The smallest absolute Gasteiger partial charge is 0.260 e. The fourth-order valence-corrected chi connectivity index (χ4v) is 2.32. The molecule has 0 spiro atoms. The normalized spacial score (nSPS) is 9.88. The Morgan fingerprint density at radius 3 is 2.27 bits per heavy atom. The SMILES string of the molecule is CNC(=O)c1ccc(CN(C)C(=O)COc2ccc(CC#N)cc2)cc1. The van der Waals surface area contributed by atoms with Gasteiger partial charge < -0.3 is 15.0 Å². The van der Waals surface area contributed by atoms with E-state index in [0.29, 0.717) is 24.3 Å². The molecule has 0 aromatic heterocycles. The van der Waals surface area contributed by atoms with Crippen molar-refractivity contribution >= 4 is 11.8 Å². The van der Waals surface area contributed by atoms with Crippen LogP contribution in [0.2, 0.25) is 0 Å². The Morgan fingerprint density at radius 2 is 1.69 bits per heavy atom. The Hall–Kier alpha value is -3.33. The van der Waals surface area contributed by atoms with Crippen LogP contribution < -0.4 is 10.1 Å². The molecule has 0 aliphatic heterocycles. The van der Waals surface area contributed by atoms with Crippen molar-refractivity contribution in [2.24, 2.45) is 0 Å². The molecule has 0 radical (unpaired) electrons. The summed E-state index contributed by atoms with van der Waals surface area (Å²) in [6, 6.07) is 16.3. The van der Waals surface area contributed by atoms with Crippen LogP contribution >= 0.6 is 0 Å². The van der Waals surface area contributed by atoms with Crippen molar-refractivity contribution in [2.45, 2.75) is 13.0 Å². The molecule has 0 fully saturated rings. The Labute approximate surface area is 153 Å². The van der Waals surface area contributed by atoms with Gasteiger partial charge >= 0.3 is 0 Å². The summed E-state index contributed by atoms with van der Waals surface area (Å²) in [7, 11) is 3.29. The number of nitrogens with one attached hydrogen (secondary N) is 1. The highest BCUT2D eigenvalue weighted by Crippen LogP contribution is 2.13. The molecular formula is C20H21N3O3. The van der Waals surface area contributed by atoms with Gasteiger partial charge in [-0.25, -0.2) is 0 Å². The summed E-state index contributed by atoms with van der Waals surface area (Å²) in [5.41, 5.74) is 2.41. The summed E-state index contributed by atoms with van der Waals surface area (Å²) < 4.78 is 5.50. The van der Waals surface area contributed by atoms with Gasteiger partial charge in [-0.15, -0.1) is 0 Å². The zero-order valence-electron chi connectivity index (χ0n) is 14.9. The maximum Gasteiger partial charge on any atom is 0.260 e. The van der Waals surface area contributed by atoms with E-state index in [1.807, 2.05) is 12.1 Å². The van der Waals surface area contributed by atoms with Crippen LogP contribution in [0, 0.1) is 11.3 Å². The molecule has 0 aliphatic rings. The summed E-state index contributed by atoms with van der Waals surface area (Å²) >= 11 is 0. The maximum absolute atomic E-state index is 12.2. The highest BCUT2D eigenvalue weighted by Gasteiger charge is 2.11. The molecule has 2 aromatic carbocycles. The lowest BCUT2D eigenvalue weighted by Gasteiger charge is -2.18. The topological polar surface area (TPSA) is 82.4 Å². The van der Waals surface area contributed by atoms with Crippen LogP contribution in [-0.4, -0.2) is 37.4 Å². The first-order valence-corrected chi connectivity index (χ1v) is 8.17. The molecule has 0 saturated carbocycles. The standard InChI is InChI=1S/C20H21N3O3/c1-22-20(25)17-7-3-16(4-8-17)13-23(2)19(24)14-26-18-9-5-15(6-10-18)11-12-21/h3-10H,11,13-14H2,1-2H3,(H,22,25). The van der Waals surface area contributed by atoms with E-state index in [-0.39, 0.29) is 18.4 Å². The van der Waals surface area contributed by atoms with E-state index in [1.54, 1.807) is 55.4 Å². The number of nitriles is 1. The second-order valence-electron chi connectivity index (χ2n) is 5.79. The molecule has 134 valence electrons. The predicted molar refractivity (Wildman–Crippen MR) is 97.6 cm³/mol. The third-order valence-corrected chi connectivity index (χ3v) is 3.86. The zero-order chi connectivity index (χ0) is 18.9. The number of rotatable bonds is 7. The third kappa shape index (κ3) is 5.35. The molecule has 2 amide bonds. The van der Waals surface area contributed by atoms with Gasteiger partial charge in [-0.2, -0.15) is 5.26 Å². The molecule has 0 unspecified atom stereocenters. The number of benzene rings is 2. The highest BCUT2D eigenvalue weighted by molar-refractivity contribution is 5.93. The molecule has 26 heavy (non-hydrogen) atoms. The van der Waals surface area contributed by atoms with Crippen LogP contribution in [0.1, 0.15) is 21.5 Å². The molecule has 0 atom stereocenters. The first kappa shape index (κ1) is 19.0. The molecule has 0 bridgehead atoms. The van der Waals surface area contributed by atoms with Crippen LogP contribution in [-0.2, 0) is 17.8 Å². The number of ether oxygens (including phenoxy) is 1. The number of amides is 2. The molecule has 2 aromatic rings. The Morgan fingerprint density at radius 1 is 1.08 bits per heavy atom. The van der Waals surface area contributed by atoms with Gasteiger partial charge in [0.15, 0.2) is 6.61 Å². The fraction of sp³-hybridized carbons (Fsp3) is 0.250. The number of carbonyl (C=O) groups excluding carboxylic acids is 2. The molecule has 6 nitrogen and oxygen atoms in total. The number of hydrogen-bond donors (Lipinski definition) is 1. The summed E-state index contributed by atoms with van der Waals surface area (Å²) in [5.74, 6) is 0.292. The van der Waals surface area contributed by atoms with E-state index < -0.39 is 0 Å². The van der Waals surface area contributed by atoms with Crippen molar-refractivity contribution in [1.82, 2.24) is 10.2 Å². The fourth-order valence-electron chi connectivity index (χ4n) is 2.32.